The van der Waals surface area contributed by atoms with E-state index in [1.165, 1.54) is 0 Å². The van der Waals surface area contributed by atoms with Gasteiger partial charge in [0.2, 0.25) is 5.89 Å². The van der Waals surface area contributed by atoms with Crippen molar-refractivity contribution in [2.45, 2.75) is 56.9 Å². The molecule has 0 spiro atoms. The number of hydrogen-bond acceptors (Lipinski definition) is 7. The number of amides is 1. The predicted octanol–water partition coefficient (Wildman–Crippen LogP) is 2.39. The lowest BCUT2D eigenvalue weighted by atomic mass is 9.76. The third-order valence-electron chi connectivity index (χ3n) is 6.37. The maximum Gasteiger partial charge on any atom is 0.272 e. The molecule has 0 aromatic carbocycles. The van der Waals surface area contributed by atoms with Gasteiger partial charge in [-0.3, -0.25) is 9.48 Å². The summed E-state index contributed by atoms with van der Waals surface area (Å²) in [5.41, 5.74) is 0.254. The fourth-order valence-electron chi connectivity index (χ4n) is 4.59. The minimum Gasteiger partial charge on any atom is -0.385 e. The Morgan fingerprint density at radius 2 is 2.20 bits per heavy atom. The first-order valence-corrected chi connectivity index (χ1v) is 10.9. The number of nitrogens with zero attached hydrogens (tertiary/aromatic N) is 5. The minimum atomic E-state index is -0.367. The largest absolute Gasteiger partial charge is 0.385 e. The third kappa shape index (κ3) is 4.13. The van der Waals surface area contributed by atoms with E-state index < -0.39 is 0 Å². The fourth-order valence-corrected chi connectivity index (χ4v) is 4.59. The van der Waals surface area contributed by atoms with Crippen LogP contribution in [-0.4, -0.2) is 70.7 Å². The van der Waals surface area contributed by atoms with Crippen LogP contribution in [0.5, 0.6) is 0 Å². The lowest BCUT2D eigenvalue weighted by Gasteiger charge is -2.40. The Bertz CT molecular complexity index is 844. The van der Waals surface area contributed by atoms with Gasteiger partial charge in [-0.25, -0.2) is 0 Å². The van der Waals surface area contributed by atoms with Gasteiger partial charge in [0.25, 0.3) is 5.91 Å². The number of likely N-dealkylation sites (tertiary alicyclic amines) is 1. The van der Waals surface area contributed by atoms with E-state index in [1.54, 1.807) is 24.1 Å². The molecule has 2 aromatic rings. The van der Waals surface area contributed by atoms with Crippen molar-refractivity contribution in [3.63, 3.8) is 0 Å². The topological polar surface area (TPSA) is 95.5 Å². The number of rotatable bonds is 7. The summed E-state index contributed by atoms with van der Waals surface area (Å²) in [7, 11) is 1.70. The number of aryl methyl sites for hydroxylation is 1. The molecule has 1 unspecified atom stereocenters. The second-order valence-electron chi connectivity index (χ2n) is 8.23. The normalized spacial score (nSPS) is 23.1. The first-order chi connectivity index (χ1) is 14.7. The zero-order valence-corrected chi connectivity index (χ0v) is 17.9. The molecule has 30 heavy (non-hydrogen) atoms. The highest BCUT2D eigenvalue weighted by Crippen LogP contribution is 2.37. The smallest absolute Gasteiger partial charge is 0.272 e. The number of ether oxygens (including phenoxy) is 2. The molecule has 0 N–H and O–H groups in total. The van der Waals surface area contributed by atoms with Crippen molar-refractivity contribution in [1.29, 1.82) is 0 Å². The quantitative estimate of drug-likeness (QED) is 0.682. The summed E-state index contributed by atoms with van der Waals surface area (Å²) in [6.07, 6.45) is 6.01. The molecule has 4 rings (SSSR count). The van der Waals surface area contributed by atoms with E-state index >= 15 is 0 Å². The van der Waals surface area contributed by atoms with E-state index in [9.17, 15) is 4.79 Å². The van der Waals surface area contributed by atoms with Crippen LogP contribution in [0.15, 0.2) is 16.8 Å². The van der Waals surface area contributed by atoms with Crippen LogP contribution in [0.25, 0.3) is 0 Å². The number of carbonyl (C=O) groups excluding carboxylic acids is 1. The lowest BCUT2D eigenvalue weighted by molar-refractivity contribution is 0.0555. The van der Waals surface area contributed by atoms with Gasteiger partial charge in [-0.15, -0.1) is 0 Å². The van der Waals surface area contributed by atoms with E-state index in [-0.39, 0.29) is 17.2 Å². The highest BCUT2D eigenvalue weighted by Gasteiger charge is 2.43. The molecule has 2 aromatic heterocycles. The van der Waals surface area contributed by atoms with Crippen molar-refractivity contribution in [2.75, 3.05) is 40.0 Å². The standard InChI is InChI=1S/C21H31N5O4/c1-3-26-17(5-10-22-26)19(27)25-11-4-8-21(15-25,9-14-28-2)20-23-18(30-24-20)16-6-12-29-13-7-16/h5,10,16H,3-4,6-9,11-15H2,1-2H3. The first kappa shape index (κ1) is 21.0. The molecule has 1 amide bonds. The van der Waals surface area contributed by atoms with Gasteiger partial charge in [-0.2, -0.15) is 10.1 Å². The van der Waals surface area contributed by atoms with Gasteiger partial charge in [0, 0.05) is 58.7 Å². The number of hydrogen-bond donors (Lipinski definition) is 0. The Kier molecular flexibility index (Phi) is 6.48. The second-order valence-corrected chi connectivity index (χ2v) is 8.23. The van der Waals surface area contributed by atoms with Crippen LogP contribution >= 0.6 is 0 Å². The second kappa shape index (κ2) is 9.26. The maximum atomic E-state index is 13.2. The molecule has 2 saturated heterocycles. The summed E-state index contributed by atoms with van der Waals surface area (Å²) in [6.45, 7) is 5.95. The number of piperidine rings is 1. The molecule has 9 nitrogen and oxygen atoms in total. The minimum absolute atomic E-state index is 0.00369. The number of methoxy groups -OCH3 is 1. The molecule has 2 aliphatic rings. The maximum absolute atomic E-state index is 13.2. The highest BCUT2D eigenvalue weighted by atomic mass is 16.5. The van der Waals surface area contributed by atoms with E-state index in [0.29, 0.717) is 43.7 Å². The zero-order valence-electron chi connectivity index (χ0n) is 17.9. The molecule has 1 atom stereocenters. The summed E-state index contributed by atoms with van der Waals surface area (Å²) in [5, 5.41) is 8.64. The monoisotopic (exact) mass is 417 g/mol. The Hall–Kier alpha value is -2.26. The molecule has 0 radical (unpaired) electrons. The number of aromatic nitrogens is 4. The van der Waals surface area contributed by atoms with Crippen molar-refractivity contribution in [1.82, 2.24) is 24.8 Å². The SMILES string of the molecule is CCn1nccc1C(=O)N1CCCC(CCOC)(c2noc(C3CCOCC3)n2)C1. The zero-order chi connectivity index (χ0) is 21.0. The molecule has 0 saturated carbocycles. The molecule has 0 bridgehead atoms. The molecule has 2 fully saturated rings. The summed E-state index contributed by atoms with van der Waals surface area (Å²) in [6, 6.07) is 1.79. The average molecular weight is 418 g/mol. The average Bonchev–Trinajstić information content (AvgIpc) is 3.48. The van der Waals surface area contributed by atoms with Crippen LogP contribution in [0.3, 0.4) is 0 Å². The van der Waals surface area contributed by atoms with Gasteiger partial charge in [0.1, 0.15) is 5.69 Å². The van der Waals surface area contributed by atoms with Crippen molar-refractivity contribution in [2.24, 2.45) is 0 Å². The molecule has 9 heteroatoms. The Morgan fingerprint density at radius 3 is 2.97 bits per heavy atom. The Balaban J connectivity index is 1.58. The van der Waals surface area contributed by atoms with Crippen LogP contribution in [0.1, 0.15) is 67.1 Å². The Labute approximate surface area is 176 Å². The third-order valence-corrected chi connectivity index (χ3v) is 6.37. The summed E-state index contributed by atoms with van der Waals surface area (Å²) in [5.74, 6) is 1.64. The van der Waals surface area contributed by atoms with Gasteiger partial charge < -0.3 is 18.9 Å². The van der Waals surface area contributed by atoms with Gasteiger partial charge >= 0.3 is 0 Å². The molecule has 164 valence electrons. The summed E-state index contributed by atoms with van der Waals surface area (Å²) >= 11 is 0. The molecule has 0 aliphatic carbocycles. The number of carbonyl (C=O) groups is 1. The molecular weight excluding hydrogens is 386 g/mol. The van der Waals surface area contributed by atoms with Crippen molar-refractivity contribution in [3.8, 4) is 0 Å². The molecule has 2 aliphatic heterocycles. The fraction of sp³-hybridized carbons (Fsp3) is 0.714. The van der Waals surface area contributed by atoms with Gasteiger partial charge in [-0.05, 0) is 45.1 Å². The Morgan fingerprint density at radius 1 is 1.37 bits per heavy atom. The van der Waals surface area contributed by atoms with Crippen LogP contribution in [-0.2, 0) is 21.4 Å². The summed E-state index contributed by atoms with van der Waals surface area (Å²) in [4.78, 5) is 20.0. The van der Waals surface area contributed by atoms with Gasteiger partial charge in [0.15, 0.2) is 5.82 Å². The van der Waals surface area contributed by atoms with Crippen molar-refractivity contribution in [3.05, 3.63) is 29.7 Å². The van der Waals surface area contributed by atoms with E-state index in [4.69, 9.17) is 19.0 Å². The van der Waals surface area contributed by atoms with Crippen LogP contribution in [0.2, 0.25) is 0 Å². The molecule has 4 heterocycles. The van der Waals surface area contributed by atoms with Crippen molar-refractivity contribution >= 4 is 5.91 Å². The van der Waals surface area contributed by atoms with Gasteiger partial charge in [0.05, 0.1) is 5.41 Å². The first-order valence-electron chi connectivity index (χ1n) is 10.9. The van der Waals surface area contributed by atoms with E-state index in [1.807, 2.05) is 11.8 Å². The van der Waals surface area contributed by atoms with E-state index in [2.05, 4.69) is 10.3 Å². The van der Waals surface area contributed by atoms with Crippen LogP contribution in [0.4, 0.5) is 0 Å². The van der Waals surface area contributed by atoms with Crippen LogP contribution < -0.4 is 0 Å². The lowest BCUT2D eigenvalue weighted by Crippen LogP contribution is -2.50. The van der Waals surface area contributed by atoms with Gasteiger partial charge in [-0.1, -0.05) is 5.16 Å². The van der Waals surface area contributed by atoms with E-state index in [0.717, 1.165) is 45.3 Å². The molecular formula is C21H31N5O4. The predicted molar refractivity (Wildman–Crippen MR) is 108 cm³/mol. The highest BCUT2D eigenvalue weighted by molar-refractivity contribution is 5.92. The van der Waals surface area contributed by atoms with Crippen LogP contribution in [0, 0.1) is 0 Å². The van der Waals surface area contributed by atoms with Crippen molar-refractivity contribution < 1.29 is 18.8 Å². The summed E-state index contributed by atoms with van der Waals surface area (Å²) < 4.78 is 18.3.